The molecule has 0 bridgehead atoms. The van der Waals surface area contributed by atoms with Crippen molar-refractivity contribution >= 4 is 55.8 Å². The molecule has 3 N–H and O–H groups in total. The number of carboxylic acid groups (broad SMARTS) is 1. The van der Waals surface area contributed by atoms with Crippen LogP contribution in [0.1, 0.15) is 31.6 Å². The second-order valence-corrected chi connectivity index (χ2v) is 9.41. The summed E-state index contributed by atoms with van der Waals surface area (Å²) in [6.45, 7) is 3.51. The van der Waals surface area contributed by atoms with Crippen LogP contribution in [0.25, 0.3) is 21.3 Å². The molecule has 0 radical (unpaired) electrons. The topological polar surface area (TPSA) is 91.3 Å². The molecule has 3 aromatic carbocycles. The lowest BCUT2D eigenvalue weighted by Crippen LogP contribution is -2.44. The molecule has 4 rings (SSSR count). The van der Waals surface area contributed by atoms with Crippen molar-refractivity contribution in [2.24, 2.45) is 5.92 Å². The Bertz CT molecular complexity index is 1300. The molecule has 0 aliphatic heterocycles. The fourth-order valence-electron chi connectivity index (χ4n) is 3.37. The first kappa shape index (κ1) is 25.2. The largest absolute Gasteiger partial charge is 0.480 e. The van der Waals surface area contributed by atoms with Crippen molar-refractivity contribution in [3.63, 3.8) is 0 Å². The summed E-state index contributed by atoms with van der Waals surface area (Å²) < 4.78 is 1.02. The second kappa shape index (κ2) is 10.7. The van der Waals surface area contributed by atoms with Crippen LogP contribution in [-0.4, -0.2) is 28.0 Å². The van der Waals surface area contributed by atoms with Crippen molar-refractivity contribution in [2.75, 3.05) is 5.32 Å². The molecule has 0 aliphatic rings. The van der Waals surface area contributed by atoms with E-state index in [9.17, 15) is 14.7 Å². The summed E-state index contributed by atoms with van der Waals surface area (Å²) in [7, 11) is 0. The van der Waals surface area contributed by atoms with E-state index in [4.69, 9.17) is 11.6 Å². The molecule has 0 fully saturated rings. The van der Waals surface area contributed by atoms with Gasteiger partial charge in [-0.3, -0.25) is 4.79 Å². The van der Waals surface area contributed by atoms with Crippen LogP contribution in [0.3, 0.4) is 0 Å². The monoisotopic (exact) mass is 495 g/mol. The number of carbonyl (C=O) groups excluding carboxylic acids is 1. The lowest BCUT2D eigenvalue weighted by Gasteiger charge is -2.18. The lowest BCUT2D eigenvalue weighted by atomic mass is 10.0. The highest BCUT2D eigenvalue weighted by molar-refractivity contribution is 7.22. The van der Waals surface area contributed by atoms with E-state index in [0.29, 0.717) is 10.6 Å². The Kier molecular flexibility index (Phi) is 7.91. The van der Waals surface area contributed by atoms with Crippen LogP contribution in [0.4, 0.5) is 10.8 Å². The Labute approximate surface area is 207 Å². The predicted molar refractivity (Wildman–Crippen MR) is 140 cm³/mol. The molecule has 1 heterocycles. The molecule has 8 heteroatoms. The van der Waals surface area contributed by atoms with Gasteiger partial charge in [0.25, 0.3) is 5.91 Å². The number of fused-ring (bicyclic) bond motifs is 1. The summed E-state index contributed by atoms with van der Waals surface area (Å²) in [5.74, 6) is -1.66. The zero-order chi connectivity index (χ0) is 23.5. The van der Waals surface area contributed by atoms with Crippen molar-refractivity contribution in [1.82, 2.24) is 10.3 Å². The molecular formula is C26H26ClN3O3S. The normalized spacial score (nSPS) is 11.6. The number of nitrogens with zero attached hydrogens (tertiary/aromatic N) is 1. The third-order valence-corrected chi connectivity index (χ3v) is 6.36. The van der Waals surface area contributed by atoms with Gasteiger partial charge in [0.15, 0.2) is 5.13 Å². The molecule has 6 nitrogen and oxygen atoms in total. The standard InChI is InChI=1S/C25H22ClN3O3S.CH4/c1-14(2)22(24(31)32)29-23(30)17-5-3-15(4-6-17)16-7-10-19(11-8-16)27-25-28-20-12-9-18(26)13-21(20)33-25;/h3-14,22H,1-2H3,(H,27,28)(H,29,30)(H,31,32);1H4/t22-;/m0./s1. The van der Waals surface area contributed by atoms with Crippen LogP contribution < -0.4 is 10.6 Å². The number of aromatic nitrogens is 1. The molecule has 34 heavy (non-hydrogen) atoms. The highest BCUT2D eigenvalue weighted by atomic mass is 35.5. The van der Waals surface area contributed by atoms with Crippen molar-refractivity contribution < 1.29 is 14.7 Å². The predicted octanol–water partition coefficient (Wildman–Crippen LogP) is 6.84. The van der Waals surface area contributed by atoms with Gasteiger partial charge in [0.05, 0.1) is 10.2 Å². The maximum absolute atomic E-state index is 12.4. The average molecular weight is 496 g/mol. The number of amides is 1. The van der Waals surface area contributed by atoms with Gasteiger partial charge in [-0.2, -0.15) is 0 Å². The van der Waals surface area contributed by atoms with Gasteiger partial charge in [-0.1, -0.05) is 68.5 Å². The van der Waals surface area contributed by atoms with Gasteiger partial charge >= 0.3 is 5.97 Å². The zero-order valence-electron chi connectivity index (χ0n) is 18.0. The minimum absolute atomic E-state index is 0. The summed E-state index contributed by atoms with van der Waals surface area (Å²) in [6, 6.07) is 19.7. The number of benzene rings is 3. The number of hydrogen-bond donors (Lipinski definition) is 3. The highest BCUT2D eigenvalue weighted by Crippen LogP contribution is 2.31. The molecule has 0 unspecified atom stereocenters. The van der Waals surface area contributed by atoms with Crippen LogP contribution in [0.5, 0.6) is 0 Å². The minimum Gasteiger partial charge on any atom is -0.480 e. The first-order valence-electron chi connectivity index (χ1n) is 10.4. The molecule has 1 atom stereocenters. The molecular weight excluding hydrogens is 470 g/mol. The number of thiazole rings is 1. The van der Waals surface area contributed by atoms with E-state index >= 15 is 0 Å². The Morgan fingerprint density at radius 2 is 1.59 bits per heavy atom. The first-order valence-corrected chi connectivity index (χ1v) is 11.6. The second-order valence-electron chi connectivity index (χ2n) is 7.94. The SMILES string of the molecule is C.CC(C)[C@H](NC(=O)c1ccc(-c2ccc(Nc3nc4ccc(Cl)cc4s3)cc2)cc1)C(=O)O. The van der Waals surface area contributed by atoms with E-state index in [1.165, 1.54) is 11.3 Å². The molecule has 0 spiro atoms. The van der Waals surface area contributed by atoms with Crippen molar-refractivity contribution in [3.8, 4) is 11.1 Å². The highest BCUT2D eigenvalue weighted by Gasteiger charge is 2.23. The number of halogens is 1. The van der Waals surface area contributed by atoms with Gasteiger partial charge in [-0.25, -0.2) is 9.78 Å². The molecule has 0 aliphatic carbocycles. The van der Waals surface area contributed by atoms with Crippen LogP contribution in [0, 0.1) is 5.92 Å². The van der Waals surface area contributed by atoms with E-state index in [0.717, 1.165) is 32.2 Å². The molecule has 1 amide bonds. The van der Waals surface area contributed by atoms with E-state index < -0.39 is 17.9 Å². The van der Waals surface area contributed by atoms with Gasteiger partial charge in [0.1, 0.15) is 6.04 Å². The van der Waals surface area contributed by atoms with Gasteiger partial charge in [0, 0.05) is 16.3 Å². The van der Waals surface area contributed by atoms with Crippen LogP contribution >= 0.6 is 22.9 Å². The summed E-state index contributed by atoms with van der Waals surface area (Å²) in [6.07, 6.45) is 0. The van der Waals surface area contributed by atoms with Gasteiger partial charge in [-0.15, -0.1) is 0 Å². The molecule has 1 aromatic heterocycles. The third-order valence-electron chi connectivity index (χ3n) is 5.19. The minimum atomic E-state index is -1.04. The number of carboxylic acids is 1. The van der Waals surface area contributed by atoms with E-state index in [-0.39, 0.29) is 13.3 Å². The van der Waals surface area contributed by atoms with Crippen LogP contribution in [0.15, 0.2) is 66.7 Å². The Morgan fingerprint density at radius 1 is 0.971 bits per heavy atom. The summed E-state index contributed by atoms with van der Waals surface area (Å²) >= 11 is 7.59. The number of hydrogen-bond acceptors (Lipinski definition) is 5. The van der Waals surface area contributed by atoms with Crippen molar-refractivity contribution in [2.45, 2.75) is 27.3 Å². The zero-order valence-corrected chi connectivity index (χ0v) is 19.6. The maximum atomic E-state index is 12.4. The third kappa shape index (κ3) is 5.73. The van der Waals surface area contributed by atoms with Gasteiger partial charge in [-0.05, 0) is 59.5 Å². The first-order chi connectivity index (χ1) is 15.8. The average Bonchev–Trinajstić information content (AvgIpc) is 3.18. The number of carbonyl (C=O) groups is 2. The van der Waals surface area contributed by atoms with Crippen molar-refractivity contribution in [3.05, 3.63) is 77.3 Å². The number of rotatable bonds is 7. The Hall–Kier alpha value is -3.42. The Balaban J connectivity index is 0.00000324. The molecule has 4 aromatic rings. The van der Waals surface area contributed by atoms with E-state index in [1.54, 1.807) is 26.0 Å². The summed E-state index contributed by atoms with van der Waals surface area (Å²) in [5, 5.41) is 16.6. The quantitative estimate of drug-likeness (QED) is 0.261. The number of anilines is 2. The summed E-state index contributed by atoms with van der Waals surface area (Å²) in [4.78, 5) is 28.3. The van der Waals surface area contributed by atoms with Crippen LogP contribution in [-0.2, 0) is 4.79 Å². The van der Waals surface area contributed by atoms with Crippen molar-refractivity contribution in [1.29, 1.82) is 0 Å². The van der Waals surface area contributed by atoms with Crippen LogP contribution in [0.2, 0.25) is 5.02 Å². The molecule has 0 saturated heterocycles. The molecule has 176 valence electrons. The summed E-state index contributed by atoms with van der Waals surface area (Å²) in [5.41, 5.74) is 4.17. The smallest absolute Gasteiger partial charge is 0.326 e. The fraction of sp³-hybridized carbons (Fsp3) is 0.192. The van der Waals surface area contributed by atoms with E-state index in [2.05, 4.69) is 15.6 Å². The van der Waals surface area contributed by atoms with Gasteiger partial charge < -0.3 is 15.7 Å². The fourth-order valence-corrected chi connectivity index (χ4v) is 4.54. The maximum Gasteiger partial charge on any atom is 0.326 e. The Morgan fingerprint density at radius 3 is 2.18 bits per heavy atom. The number of nitrogens with one attached hydrogen (secondary N) is 2. The molecule has 0 saturated carbocycles. The lowest BCUT2D eigenvalue weighted by molar-refractivity contribution is -0.140. The number of aliphatic carboxylic acids is 1. The van der Waals surface area contributed by atoms with Gasteiger partial charge in [0.2, 0.25) is 0 Å². The van der Waals surface area contributed by atoms with E-state index in [1.807, 2.05) is 54.6 Å².